The fourth-order valence-electron chi connectivity index (χ4n) is 2.81. The molecule has 0 radical (unpaired) electrons. The number of carbonyl (C=O) groups excluding carboxylic acids is 1. The van der Waals surface area contributed by atoms with Gasteiger partial charge in [0.25, 0.3) is 5.91 Å². The maximum absolute atomic E-state index is 12.3. The molecule has 2 aromatic heterocycles. The van der Waals surface area contributed by atoms with Gasteiger partial charge in [-0.15, -0.1) is 0 Å². The number of hydrogen-bond donors (Lipinski definition) is 2. The Bertz CT molecular complexity index is 663. The molecular weight excluding hydrogens is 292 g/mol. The Balaban J connectivity index is 1.68. The summed E-state index contributed by atoms with van der Waals surface area (Å²) in [5.41, 5.74) is 1.33. The van der Waals surface area contributed by atoms with Crippen molar-refractivity contribution in [3.05, 3.63) is 54.0 Å². The molecule has 1 saturated heterocycles. The predicted octanol–water partition coefficient (Wildman–Crippen LogP) is 1.37. The van der Waals surface area contributed by atoms with E-state index in [2.05, 4.69) is 20.2 Å². The van der Waals surface area contributed by atoms with Crippen molar-refractivity contribution in [2.75, 3.05) is 18.1 Å². The first kappa shape index (κ1) is 15.4. The first-order chi connectivity index (χ1) is 11.3. The Labute approximate surface area is 135 Å². The summed E-state index contributed by atoms with van der Waals surface area (Å²) >= 11 is 0. The van der Waals surface area contributed by atoms with Crippen LogP contribution >= 0.6 is 0 Å². The quantitative estimate of drug-likeness (QED) is 0.872. The highest BCUT2D eigenvalue weighted by atomic mass is 16.3. The van der Waals surface area contributed by atoms with E-state index in [4.69, 9.17) is 0 Å². The van der Waals surface area contributed by atoms with Gasteiger partial charge in [0.2, 0.25) is 0 Å². The number of rotatable bonds is 5. The van der Waals surface area contributed by atoms with Crippen molar-refractivity contribution >= 4 is 11.7 Å². The second kappa shape index (κ2) is 7.19. The van der Waals surface area contributed by atoms with Crippen LogP contribution in [0.5, 0.6) is 0 Å². The molecule has 2 N–H and O–H groups in total. The highest BCUT2D eigenvalue weighted by Crippen LogP contribution is 2.23. The average molecular weight is 312 g/mol. The fraction of sp³-hybridized carbons (Fsp3) is 0.353. The molecule has 0 spiro atoms. The van der Waals surface area contributed by atoms with Crippen molar-refractivity contribution in [2.24, 2.45) is 0 Å². The maximum atomic E-state index is 12.3. The van der Waals surface area contributed by atoms with Crippen molar-refractivity contribution in [3.8, 4) is 0 Å². The summed E-state index contributed by atoms with van der Waals surface area (Å²) in [4.78, 5) is 22.8. The summed E-state index contributed by atoms with van der Waals surface area (Å²) in [6.07, 6.45) is 5.41. The summed E-state index contributed by atoms with van der Waals surface area (Å²) in [5, 5.41) is 12.3. The van der Waals surface area contributed by atoms with Gasteiger partial charge >= 0.3 is 0 Å². The Hall–Kier alpha value is -2.47. The van der Waals surface area contributed by atoms with Gasteiger partial charge in [-0.05, 0) is 36.6 Å². The van der Waals surface area contributed by atoms with Crippen molar-refractivity contribution in [3.63, 3.8) is 0 Å². The standard InChI is InChI=1S/C17H20N4O2/c22-12-14-5-3-9-21(14)16-7-1-6-15(20-16)17(23)19-11-13-4-2-8-18-10-13/h1-2,4,6-8,10,14,22H,3,5,9,11-12H2,(H,19,23). The van der Waals surface area contributed by atoms with Gasteiger partial charge < -0.3 is 15.3 Å². The molecule has 120 valence electrons. The van der Waals surface area contributed by atoms with Gasteiger partial charge in [0.15, 0.2) is 0 Å². The molecule has 1 unspecified atom stereocenters. The van der Waals surface area contributed by atoms with Gasteiger partial charge in [-0.1, -0.05) is 12.1 Å². The van der Waals surface area contributed by atoms with Gasteiger partial charge in [0, 0.05) is 25.5 Å². The lowest BCUT2D eigenvalue weighted by Gasteiger charge is -2.24. The van der Waals surface area contributed by atoms with Gasteiger partial charge in [0.1, 0.15) is 11.5 Å². The molecule has 0 bridgehead atoms. The lowest BCUT2D eigenvalue weighted by Crippen LogP contribution is -2.33. The summed E-state index contributed by atoms with van der Waals surface area (Å²) in [5.74, 6) is 0.533. The minimum absolute atomic E-state index is 0.0937. The van der Waals surface area contributed by atoms with Crippen LogP contribution in [0.4, 0.5) is 5.82 Å². The maximum Gasteiger partial charge on any atom is 0.270 e. The van der Waals surface area contributed by atoms with Crippen LogP contribution in [0.3, 0.4) is 0 Å². The summed E-state index contributed by atoms with van der Waals surface area (Å²) in [7, 11) is 0. The van der Waals surface area contributed by atoms with E-state index in [-0.39, 0.29) is 18.6 Å². The number of aromatic nitrogens is 2. The molecule has 0 aromatic carbocycles. The highest BCUT2D eigenvalue weighted by molar-refractivity contribution is 5.92. The first-order valence-corrected chi connectivity index (χ1v) is 7.79. The van der Waals surface area contributed by atoms with Crippen molar-refractivity contribution in [1.82, 2.24) is 15.3 Å². The van der Waals surface area contributed by atoms with E-state index in [1.165, 1.54) is 0 Å². The van der Waals surface area contributed by atoms with Gasteiger partial charge in [0.05, 0.1) is 12.6 Å². The molecule has 1 fully saturated rings. The van der Waals surface area contributed by atoms with E-state index in [9.17, 15) is 9.90 Å². The molecule has 3 heterocycles. The van der Waals surface area contributed by atoms with Crippen LogP contribution in [-0.2, 0) is 6.54 Å². The third kappa shape index (κ3) is 3.65. The second-order valence-corrected chi connectivity index (χ2v) is 5.60. The lowest BCUT2D eigenvalue weighted by atomic mass is 10.2. The van der Waals surface area contributed by atoms with Crippen LogP contribution in [0.25, 0.3) is 0 Å². The molecule has 6 heteroatoms. The van der Waals surface area contributed by atoms with E-state index in [1.54, 1.807) is 18.5 Å². The largest absolute Gasteiger partial charge is 0.394 e. The number of hydrogen-bond acceptors (Lipinski definition) is 5. The third-order valence-corrected chi connectivity index (χ3v) is 4.03. The minimum atomic E-state index is -0.213. The van der Waals surface area contributed by atoms with Crippen LogP contribution in [0.1, 0.15) is 28.9 Å². The normalized spacial score (nSPS) is 17.3. The molecule has 1 atom stereocenters. The molecule has 0 aliphatic carbocycles. The van der Waals surface area contributed by atoms with Gasteiger partial charge in [-0.2, -0.15) is 0 Å². The zero-order valence-corrected chi connectivity index (χ0v) is 12.9. The van der Waals surface area contributed by atoms with E-state index in [0.29, 0.717) is 12.2 Å². The number of amides is 1. The summed E-state index contributed by atoms with van der Waals surface area (Å²) in [6.45, 7) is 1.39. The molecule has 3 rings (SSSR count). The summed E-state index contributed by atoms with van der Waals surface area (Å²) < 4.78 is 0. The predicted molar refractivity (Wildman–Crippen MR) is 87.1 cm³/mol. The van der Waals surface area contributed by atoms with Crippen LogP contribution < -0.4 is 10.2 Å². The van der Waals surface area contributed by atoms with E-state index in [1.807, 2.05) is 24.3 Å². The topological polar surface area (TPSA) is 78.4 Å². The zero-order valence-electron chi connectivity index (χ0n) is 12.9. The van der Waals surface area contributed by atoms with Crippen LogP contribution in [0, 0.1) is 0 Å². The Kier molecular flexibility index (Phi) is 4.83. The average Bonchev–Trinajstić information content (AvgIpc) is 3.09. The first-order valence-electron chi connectivity index (χ1n) is 7.79. The number of anilines is 1. The van der Waals surface area contributed by atoms with Gasteiger partial charge in [-0.3, -0.25) is 9.78 Å². The number of pyridine rings is 2. The van der Waals surface area contributed by atoms with Crippen LogP contribution in [0.15, 0.2) is 42.7 Å². The minimum Gasteiger partial charge on any atom is -0.394 e. The highest BCUT2D eigenvalue weighted by Gasteiger charge is 2.25. The van der Waals surface area contributed by atoms with Crippen molar-refractivity contribution in [1.29, 1.82) is 0 Å². The summed E-state index contributed by atoms with van der Waals surface area (Å²) in [6, 6.07) is 9.25. The number of carbonyl (C=O) groups is 1. The van der Waals surface area contributed by atoms with E-state index < -0.39 is 0 Å². The molecular formula is C17H20N4O2. The Morgan fingerprint density at radius 1 is 1.35 bits per heavy atom. The number of nitrogens with one attached hydrogen (secondary N) is 1. The third-order valence-electron chi connectivity index (χ3n) is 4.03. The lowest BCUT2D eigenvalue weighted by molar-refractivity contribution is 0.0946. The smallest absolute Gasteiger partial charge is 0.270 e. The van der Waals surface area contributed by atoms with Gasteiger partial charge in [-0.25, -0.2) is 4.98 Å². The van der Waals surface area contributed by atoms with E-state index in [0.717, 1.165) is 30.8 Å². The fourth-order valence-corrected chi connectivity index (χ4v) is 2.81. The Morgan fingerprint density at radius 3 is 3.04 bits per heavy atom. The number of aliphatic hydroxyl groups excluding tert-OH is 1. The number of nitrogens with zero attached hydrogens (tertiary/aromatic N) is 3. The molecule has 0 saturated carbocycles. The molecule has 6 nitrogen and oxygen atoms in total. The molecule has 23 heavy (non-hydrogen) atoms. The van der Waals surface area contributed by atoms with Crippen molar-refractivity contribution in [2.45, 2.75) is 25.4 Å². The molecule has 1 aliphatic heterocycles. The molecule has 1 aliphatic rings. The molecule has 2 aromatic rings. The zero-order chi connectivity index (χ0) is 16.1. The van der Waals surface area contributed by atoms with Crippen molar-refractivity contribution < 1.29 is 9.90 Å². The number of aliphatic hydroxyl groups is 1. The monoisotopic (exact) mass is 312 g/mol. The second-order valence-electron chi connectivity index (χ2n) is 5.60. The van der Waals surface area contributed by atoms with Crippen LogP contribution in [0.2, 0.25) is 0 Å². The molecule has 1 amide bonds. The Morgan fingerprint density at radius 2 is 2.26 bits per heavy atom. The van der Waals surface area contributed by atoms with E-state index >= 15 is 0 Å². The van der Waals surface area contributed by atoms with Crippen LogP contribution in [-0.4, -0.2) is 40.2 Å². The SMILES string of the molecule is O=C(NCc1cccnc1)c1cccc(N2CCCC2CO)n1.